The number of hydrogen-bond donors (Lipinski definition) is 2. The second kappa shape index (κ2) is 8.12. The normalized spacial score (nSPS) is 16.4. The molecule has 0 spiro atoms. The molecule has 0 unspecified atom stereocenters. The largest absolute Gasteiger partial charge is 0.492 e. The summed E-state index contributed by atoms with van der Waals surface area (Å²) in [5, 5.41) is 6.92. The predicted molar refractivity (Wildman–Crippen MR) is 84.6 cm³/mol. The molecule has 2 rings (SSSR count). The molecule has 1 fully saturated rings. The van der Waals surface area contributed by atoms with Gasteiger partial charge in [-0.25, -0.2) is 0 Å². The summed E-state index contributed by atoms with van der Waals surface area (Å²) in [5.41, 5.74) is 1.18. The van der Waals surface area contributed by atoms with Gasteiger partial charge >= 0.3 is 0 Å². The number of ether oxygens (including phenoxy) is 1. The smallest absolute Gasteiger partial charge is 0.119 e. The molecule has 0 saturated carbocycles. The lowest BCUT2D eigenvalue weighted by Crippen LogP contribution is -2.31. The van der Waals surface area contributed by atoms with E-state index in [9.17, 15) is 0 Å². The van der Waals surface area contributed by atoms with Gasteiger partial charge in [-0.3, -0.25) is 0 Å². The minimum absolute atomic E-state index is 0.731. The fraction of sp³-hybridized carbons (Fsp3) is 0.625. The van der Waals surface area contributed by atoms with E-state index in [1.54, 1.807) is 0 Å². The first-order valence-electron chi connectivity index (χ1n) is 7.56. The van der Waals surface area contributed by atoms with Crippen molar-refractivity contribution >= 4 is 5.69 Å². The van der Waals surface area contributed by atoms with Gasteiger partial charge in [0.1, 0.15) is 12.4 Å². The number of rotatable bonds is 7. The van der Waals surface area contributed by atoms with Crippen molar-refractivity contribution in [2.24, 2.45) is 5.92 Å². The number of piperidine rings is 1. The predicted octanol–water partition coefficient (Wildman–Crippen LogP) is 2.04. The van der Waals surface area contributed by atoms with E-state index in [-0.39, 0.29) is 0 Å². The van der Waals surface area contributed by atoms with E-state index < -0.39 is 0 Å². The second-order valence-electron chi connectivity index (χ2n) is 5.75. The number of likely N-dealkylation sites (N-methyl/N-ethyl adjacent to an activating group) is 1. The molecule has 0 aliphatic carbocycles. The zero-order valence-electron chi connectivity index (χ0n) is 12.7. The SMILES string of the molecule is CN(C)CCOc1ccc(NCC2CCNCC2)cc1. The van der Waals surface area contributed by atoms with Crippen LogP contribution in [-0.4, -0.2) is 51.8 Å². The molecular weight excluding hydrogens is 250 g/mol. The van der Waals surface area contributed by atoms with E-state index in [0.29, 0.717) is 0 Å². The van der Waals surface area contributed by atoms with Crippen LogP contribution >= 0.6 is 0 Å². The molecule has 1 saturated heterocycles. The standard InChI is InChI=1S/C16H27N3O/c1-19(2)11-12-20-16-5-3-15(4-6-16)18-13-14-7-9-17-10-8-14/h3-6,14,17-18H,7-13H2,1-2H3. The van der Waals surface area contributed by atoms with Crippen LogP contribution in [0, 0.1) is 5.92 Å². The van der Waals surface area contributed by atoms with Gasteiger partial charge in [0, 0.05) is 18.8 Å². The molecule has 2 N–H and O–H groups in total. The highest BCUT2D eigenvalue weighted by Crippen LogP contribution is 2.17. The van der Waals surface area contributed by atoms with Crippen molar-refractivity contribution in [3.63, 3.8) is 0 Å². The van der Waals surface area contributed by atoms with Crippen LogP contribution in [-0.2, 0) is 0 Å². The van der Waals surface area contributed by atoms with Crippen LogP contribution in [0.5, 0.6) is 5.75 Å². The molecule has 0 aromatic heterocycles. The molecule has 0 amide bonds. The van der Waals surface area contributed by atoms with Crippen LogP contribution in [0.4, 0.5) is 5.69 Å². The van der Waals surface area contributed by atoms with Gasteiger partial charge in [0.05, 0.1) is 0 Å². The Morgan fingerprint density at radius 2 is 1.90 bits per heavy atom. The highest BCUT2D eigenvalue weighted by molar-refractivity contribution is 5.46. The monoisotopic (exact) mass is 277 g/mol. The van der Waals surface area contributed by atoms with Crippen LogP contribution in [0.25, 0.3) is 0 Å². The van der Waals surface area contributed by atoms with Gasteiger partial charge in [-0.15, -0.1) is 0 Å². The summed E-state index contributed by atoms with van der Waals surface area (Å²) in [6, 6.07) is 8.29. The van der Waals surface area contributed by atoms with Crippen LogP contribution in [0.3, 0.4) is 0 Å². The molecule has 1 aromatic carbocycles. The van der Waals surface area contributed by atoms with Crippen molar-refractivity contribution in [3.8, 4) is 5.75 Å². The van der Waals surface area contributed by atoms with E-state index in [1.807, 2.05) is 12.1 Å². The van der Waals surface area contributed by atoms with Crippen molar-refractivity contribution in [2.75, 3.05) is 52.2 Å². The Kier molecular flexibility index (Phi) is 6.15. The summed E-state index contributed by atoms with van der Waals surface area (Å²) in [5.74, 6) is 1.74. The lowest BCUT2D eigenvalue weighted by atomic mass is 9.98. The molecule has 1 aliphatic rings. The zero-order valence-corrected chi connectivity index (χ0v) is 12.7. The summed E-state index contributed by atoms with van der Waals surface area (Å²) >= 11 is 0. The fourth-order valence-corrected chi connectivity index (χ4v) is 2.36. The average molecular weight is 277 g/mol. The van der Waals surface area contributed by atoms with Crippen LogP contribution in [0.15, 0.2) is 24.3 Å². The van der Waals surface area contributed by atoms with E-state index in [2.05, 4.69) is 41.8 Å². The quantitative estimate of drug-likeness (QED) is 0.800. The van der Waals surface area contributed by atoms with Gasteiger partial charge in [-0.1, -0.05) is 0 Å². The Bertz CT molecular complexity index is 372. The zero-order chi connectivity index (χ0) is 14.2. The summed E-state index contributed by atoms with van der Waals surface area (Å²) in [4.78, 5) is 2.12. The van der Waals surface area contributed by atoms with Gasteiger partial charge in [-0.05, 0) is 70.2 Å². The second-order valence-corrected chi connectivity index (χ2v) is 5.75. The molecule has 4 heteroatoms. The van der Waals surface area contributed by atoms with Crippen LogP contribution in [0.2, 0.25) is 0 Å². The topological polar surface area (TPSA) is 36.5 Å². The molecule has 0 bridgehead atoms. The van der Waals surface area contributed by atoms with Crippen molar-refractivity contribution in [1.29, 1.82) is 0 Å². The maximum absolute atomic E-state index is 5.69. The Balaban J connectivity index is 1.70. The third kappa shape index (κ3) is 5.39. The fourth-order valence-electron chi connectivity index (χ4n) is 2.36. The van der Waals surface area contributed by atoms with Gasteiger partial charge < -0.3 is 20.3 Å². The van der Waals surface area contributed by atoms with Gasteiger partial charge in [0.2, 0.25) is 0 Å². The Labute approximate surface area is 122 Å². The number of nitrogens with zero attached hydrogens (tertiary/aromatic N) is 1. The molecule has 1 aliphatic heterocycles. The minimum atomic E-state index is 0.731. The lowest BCUT2D eigenvalue weighted by Gasteiger charge is -2.23. The average Bonchev–Trinajstić information content (AvgIpc) is 2.47. The highest BCUT2D eigenvalue weighted by Gasteiger charge is 2.12. The van der Waals surface area contributed by atoms with Crippen LogP contribution in [0.1, 0.15) is 12.8 Å². The third-order valence-electron chi connectivity index (χ3n) is 3.72. The number of hydrogen-bond acceptors (Lipinski definition) is 4. The highest BCUT2D eigenvalue weighted by atomic mass is 16.5. The summed E-state index contributed by atoms with van der Waals surface area (Å²) in [6.45, 7) is 5.06. The maximum Gasteiger partial charge on any atom is 0.119 e. The van der Waals surface area contributed by atoms with E-state index in [0.717, 1.165) is 44.5 Å². The molecule has 0 radical (unpaired) electrons. The van der Waals surface area contributed by atoms with Crippen molar-refractivity contribution in [1.82, 2.24) is 10.2 Å². The number of nitrogens with one attached hydrogen (secondary N) is 2. The van der Waals surface area contributed by atoms with E-state index in [4.69, 9.17) is 4.74 Å². The van der Waals surface area contributed by atoms with Gasteiger partial charge in [-0.2, -0.15) is 0 Å². The molecule has 0 atom stereocenters. The third-order valence-corrected chi connectivity index (χ3v) is 3.72. The van der Waals surface area contributed by atoms with Crippen molar-refractivity contribution in [3.05, 3.63) is 24.3 Å². The summed E-state index contributed by atoms with van der Waals surface area (Å²) in [6.07, 6.45) is 2.55. The summed E-state index contributed by atoms with van der Waals surface area (Å²) in [7, 11) is 4.11. The Morgan fingerprint density at radius 3 is 2.55 bits per heavy atom. The number of benzene rings is 1. The Hall–Kier alpha value is -1.26. The molecule has 4 nitrogen and oxygen atoms in total. The van der Waals surface area contributed by atoms with E-state index >= 15 is 0 Å². The number of anilines is 1. The molecule has 20 heavy (non-hydrogen) atoms. The van der Waals surface area contributed by atoms with E-state index in [1.165, 1.54) is 18.5 Å². The van der Waals surface area contributed by atoms with Crippen molar-refractivity contribution in [2.45, 2.75) is 12.8 Å². The molecule has 1 heterocycles. The van der Waals surface area contributed by atoms with Gasteiger partial charge in [0.25, 0.3) is 0 Å². The van der Waals surface area contributed by atoms with Crippen LogP contribution < -0.4 is 15.4 Å². The maximum atomic E-state index is 5.69. The summed E-state index contributed by atoms with van der Waals surface area (Å²) < 4.78 is 5.69. The first kappa shape index (κ1) is 15.1. The minimum Gasteiger partial charge on any atom is -0.492 e. The lowest BCUT2D eigenvalue weighted by molar-refractivity contribution is 0.261. The Morgan fingerprint density at radius 1 is 1.20 bits per heavy atom. The molecule has 112 valence electrons. The molecule has 1 aromatic rings. The first-order valence-corrected chi connectivity index (χ1v) is 7.56. The van der Waals surface area contributed by atoms with Gasteiger partial charge in [0.15, 0.2) is 0 Å². The van der Waals surface area contributed by atoms with Crippen molar-refractivity contribution < 1.29 is 4.74 Å². The first-order chi connectivity index (χ1) is 9.74. The molecular formula is C16H27N3O.